The van der Waals surface area contributed by atoms with Crippen molar-refractivity contribution in [3.8, 4) is 28.3 Å². The highest BCUT2D eigenvalue weighted by atomic mass is 16.5. The second-order valence-corrected chi connectivity index (χ2v) is 18.1. The third kappa shape index (κ3) is 6.77. The number of anilines is 3. The molecule has 11 rings (SSSR count). The lowest BCUT2D eigenvalue weighted by Gasteiger charge is -2.48. The molecule has 61 heavy (non-hydrogen) atoms. The molecule has 0 amide bonds. The fraction of sp³-hybridized carbons (Fsp3) is 0.207. The van der Waals surface area contributed by atoms with Crippen LogP contribution in [0.2, 0.25) is 0 Å². The summed E-state index contributed by atoms with van der Waals surface area (Å²) < 4.78 is 9.47. The molecule has 0 N–H and O–H groups in total. The van der Waals surface area contributed by atoms with E-state index in [4.69, 9.17) is 4.74 Å². The number of nitrogens with zero attached hydrogens (tertiary/aromatic N) is 2. The van der Waals surface area contributed by atoms with Crippen LogP contribution in [0.4, 0.5) is 17.1 Å². The zero-order chi connectivity index (χ0) is 41.0. The molecule has 2 saturated carbocycles. The van der Waals surface area contributed by atoms with E-state index in [1.807, 2.05) is 0 Å². The first kappa shape index (κ1) is 37.4. The fourth-order valence-electron chi connectivity index (χ4n) is 11.4. The van der Waals surface area contributed by atoms with Crippen LogP contribution in [0.25, 0.3) is 49.4 Å². The molecule has 1 aromatic heterocycles. The van der Waals surface area contributed by atoms with E-state index < -0.39 is 0 Å². The van der Waals surface area contributed by atoms with Crippen LogP contribution in [0.3, 0.4) is 0 Å². The van der Waals surface area contributed by atoms with Gasteiger partial charge in [-0.2, -0.15) is 0 Å². The van der Waals surface area contributed by atoms with Gasteiger partial charge in [-0.25, -0.2) is 0 Å². The molecule has 9 aromatic rings. The van der Waals surface area contributed by atoms with Gasteiger partial charge >= 0.3 is 0 Å². The quantitative estimate of drug-likeness (QED) is 0.152. The van der Waals surface area contributed by atoms with Crippen molar-refractivity contribution in [3.05, 3.63) is 193 Å². The van der Waals surface area contributed by atoms with E-state index in [-0.39, 0.29) is 0 Å². The fourth-order valence-corrected chi connectivity index (χ4v) is 11.4. The predicted molar refractivity (Wildman–Crippen MR) is 256 cm³/mol. The van der Waals surface area contributed by atoms with Crippen LogP contribution in [-0.2, 0) is 0 Å². The Hall–Kier alpha value is -6.58. The second kappa shape index (κ2) is 15.5. The van der Waals surface area contributed by atoms with Crippen LogP contribution >= 0.6 is 0 Å². The van der Waals surface area contributed by atoms with Gasteiger partial charge in [-0.05, 0) is 144 Å². The Morgan fingerprint density at radius 2 is 1.03 bits per heavy atom. The number of aryl methyl sites for hydroxylation is 1. The van der Waals surface area contributed by atoms with E-state index >= 15 is 0 Å². The number of aromatic nitrogens is 1. The normalized spacial score (nSPS) is 20.0. The summed E-state index contributed by atoms with van der Waals surface area (Å²) in [4.78, 5) is 2.43. The molecule has 2 aliphatic rings. The zero-order valence-corrected chi connectivity index (χ0v) is 35.3. The maximum Gasteiger partial charge on any atom is 0.133 e. The summed E-state index contributed by atoms with van der Waals surface area (Å²) in [6, 6.07) is 66.5. The summed E-state index contributed by atoms with van der Waals surface area (Å²) in [6.45, 7) is 7.09. The van der Waals surface area contributed by atoms with Gasteiger partial charge in [0.05, 0.1) is 16.7 Å². The van der Waals surface area contributed by atoms with Gasteiger partial charge in [0, 0.05) is 39.3 Å². The molecule has 0 unspecified atom stereocenters. The molecule has 0 spiro atoms. The average Bonchev–Trinajstić information content (AvgIpc) is 3.62. The third-order valence-corrected chi connectivity index (χ3v) is 13.9. The molecule has 2 fully saturated rings. The highest BCUT2D eigenvalue weighted by molar-refractivity contribution is 6.09. The number of para-hydroxylation sites is 3. The average molecular weight is 793 g/mol. The maximum atomic E-state index is 7.09. The van der Waals surface area contributed by atoms with Crippen LogP contribution in [0.15, 0.2) is 182 Å². The lowest BCUT2D eigenvalue weighted by Crippen LogP contribution is -2.37. The number of hydrogen-bond donors (Lipinski definition) is 0. The first-order valence-electron chi connectivity index (χ1n) is 22.3. The van der Waals surface area contributed by atoms with Crippen LogP contribution in [0.5, 0.6) is 11.5 Å². The van der Waals surface area contributed by atoms with E-state index in [1.165, 1.54) is 75.0 Å². The SMILES string of the molecule is Cc1ccccc1Oc1cc(N(c2ccc(-c3ccc(-n4c5ccccc5c5ccccc54)cc3)cc2)c2cccc3ccccc23)ccc1C1[C@H]2C[C@@H](C)C[C@@H]1C[C@@H](C)C2. The minimum Gasteiger partial charge on any atom is -0.457 e. The molecular formula is C58H52N2O. The molecule has 0 radical (unpaired) electrons. The minimum atomic E-state index is 0.507. The molecule has 0 saturated heterocycles. The van der Waals surface area contributed by atoms with Gasteiger partial charge < -0.3 is 14.2 Å². The van der Waals surface area contributed by atoms with Crippen molar-refractivity contribution in [2.75, 3.05) is 4.90 Å². The topological polar surface area (TPSA) is 17.4 Å². The lowest BCUT2D eigenvalue weighted by atomic mass is 9.57. The molecule has 2 bridgehead atoms. The van der Waals surface area contributed by atoms with E-state index in [2.05, 4.69) is 212 Å². The molecule has 8 aromatic carbocycles. The summed E-state index contributed by atoms with van der Waals surface area (Å²) >= 11 is 0. The Bertz CT molecular complexity index is 2940. The summed E-state index contributed by atoms with van der Waals surface area (Å²) in [5, 5.41) is 4.98. The Labute approximate surface area is 359 Å². The standard InChI is InChI=1S/C58H52N2O/c1-38-33-44-35-39(2)36-45(34-38)58(44)52-32-31-48(37-57(52)61-56-22-11-4-13-40(56)3)59(53-21-12-15-43-14-5-6-16-49(43)53)46-27-23-41(24-28-46)42-25-29-47(30-26-42)60-54-19-9-7-17-50(54)51-18-8-10-20-55(51)60/h4-32,37-39,44-45,58H,33-36H2,1-3H3/t38-,39+,44+,45-,58?. The molecule has 0 atom stereocenters. The van der Waals surface area contributed by atoms with E-state index in [0.717, 1.165) is 51.6 Å². The van der Waals surface area contributed by atoms with E-state index in [1.54, 1.807) is 0 Å². The van der Waals surface area contributed by atoms with Crippen molar-refractivity contribution in [2.45, 2.75) is 52.4 Å². The molecule has 300 valence electrons. The van der Waals surface area contributed by atoms with Crippen LogP contribution in [0, 0.1) is 30.6 Å². The number of benzene rings is 8. The Kier molecular flexibility index (Phi) is 9.49. The van der Waals surface area contributed by atoms with E-state index in [0.29, 0.717) is 17.8 Å². The van der Waals surface area contributed by atoms with Crippen molar-refractivity contribution in [2.24, 2.45) is 23.7 Å². The molecule has 0 aliphatic heterocycles. The summed E-state index contributed by atoms with van der Waals surface area (Å²) in [6.07, 6.45) is 5.20. The van der Waals surface area contributed by atoms with Gasteiger partial charge in [0.15, 0.2) is 0 Å². The summed E-state index contributed by atoms with van der Waals surface area (Å²) in [5.74, 6) is 5.34. The van der Waals surface area contributed by atoms with Gasteiger partial charge in [0.25, 0.3) is 0 Å². The Morgan fingerprint density at radius 3 is 1.69 bits per heavy atom. The largest absolute Gasteiger partial charge is 0.457 e. The van der Waals surface area contributed by atoms with Gasteiger partial charge in [-0.3, -0.25) is 0 Å². The molecule has 3 heteroatoms. The van der Waals surface area contributed by atoms with Gasteiger partial charge in [0.1, 0.15) is 11.5 Å². The maximum absolute atomic E-state index is 7.09. The van der Waals surface area contributed by atoms with Crippen LogP contribution in [0.1, 0.15) is 56.6 Å². The second-order valence-electron chi connectivity index (χ2n) is 18.1. The molecule has 2 aliphatic carbocycles. The van der Waals surface area contributed by atoms with Crippen molar-refractivity contribution in [1.82, 2.24) is 4.57 Å². The molecule has 1 heterocycles. The lowest BCUT2D eigenvalue weighted by molar-refractivity contribution is 0.0784. The van der Waals surface area contributed by atoms with Crippen molar-refractivity contribution < 1.29 is 4.74 Å². The van der Waals surface area contributed by atoms with Crippen molar-refractivity contribution >= 4 is 49.6 Å². The molecule has 3 nitrogen and oxygen atoms in total. The highest BCUT2D eigenvalue weighted by Crippen LogP contribution is 2.56. The van der Waals surface area contributed by atoms with Gasteiger partial charge in [-0.1, -0.05) is 135 Å². The number of rotatable bonds is 8. The van der Waals surface area contributed by atoms with Crippen LogP contribution in [-0.4, -0.2) is 4.57 Å². The Morgan fingerprint density at radius 1 is 0.492 bits per heavy atom. The number of fused-ring (bicyclic) bond motifs is 6. The monoisotopic (exact) mass is 792 g/mol. The molecular weight excluding hydrogens is 741 g/mol. The number of hydrogen-bond acceptors (Lipinski definition) is 2. The zero-order valence-electron chi connectivity index (χ0n) is 35.3. The number of ether oxygens (including phenoxy) is 1. The summed E-state index contributed by atoms with van der Waals surface area (Å²) in [5.41, 5.74) is 11.8. The van der Waals surface area contributed by atoms with Crippen molar-refractivity contribution in [1.29, 1.82) is 0 Å². The predicted octanol–water partition coefficient (Wildman–Crippen LogP) is 16.4. The highest BCUT2D eigenvalue weighted by Gasteiger charge is 2.43. The summed E-state index contributed by atoms with van der Waals surface area (Å²) in [7, 11) is 0. The Balaban J connectivity index is 1.00. The van der Waals surface area contributed by atoms with Gasteiger partial charge in [-0.15, -0.1) is 0 Å². The third-order valence-electron chi connectivity index (χ3n) is 13.9. The van der Waals surface area contributed by atoms with Crippen LogP contribution < -0.4 is 9.64 Å². The smallest absolute Gasteiger partial charge is 0.133 e. The first-order valence-corrected chi connectivity index (χ1v) is 22.3. The van der Waals surface area contributed by atoms with Crippen molar-refractivity contribution in [3.63, 3.8) is 0 Å². The minimum absolute atomic E-state index is 0.507. The first-order chi connectivity index (χ1) is 30.0. The van der Waals surface area contributed by atoms with Gasteiger partial charge in [0.2, 0.25) is 0 Å². The van der Waals surface area contributed by atoms with E-state index in [9.17, 15) is 0 Å².